The lowest BCUT2D eigenvalue weighted by molar-refractivity contribution is -0.114. The molecule has 0 radical (unpaired) electrons. The summed E-state index contributed by atoms with van der Waals surface area (Å²) in [6.45, 7) is 0. The van der Waals surface area contributed by atoms with Gasteiger partial charge in [0.15, 0.2) is 11.5 Å². The van der Waals surface area contributed by atoms with Gasteiger partial charge < -0.3 is 20.3 Å². The number of aromatic hydroxyl groups is 1. The first-order valence-corrected chi connectivity index (χ1v) is 4.90. The Labute approximate surface area is 104 Å². The summed E-state index contributed by atoms with van der Waals surface area (Å²) in [7, 11) is 2.75. The van der Waals surface area contributed by atoms with Crippen LogP contribution in [0.1, 0.15) is 5.56 Å². The van der Waals surface area contributed by atoms with Gasteiger partial charge in [-0.1, -0.05) is 0 Å². The number of nitrogens with zero attached hydrogens (tertiary/aromatic N) is 1. The van der Waals surface area contributed by atoms with Crippen molar-refractivity contribution >= 4 is 12.0 Å². The first-order valence-electron chi connectivity index (χ1n) is 4.90. The number of phenolic OH excluding ortho intramolecular Hbond substituents is 1. The van der Waals surface area contributed by atoms with E-state index in [4.69, 9.17) is 20.5 Å². The summed E-state index contributed by atoms with van der Waals surface area (Å²) in [6.07, 6.45) is 1.28. The van der Waals surface area contributed by atoms with Crippen LogP contribution >= 0.6 is 0 Å². The minimum atomic E-state index is -0.830. The van der Waals surface area contributed by atoms with Gasteiger partial charge in [-0.15, -0.1) is 0 Å². The normalized spacial score (nSPS) is 10.6. The molecule has 0 saturated heterocycles. The Bertz CT molecular complexity index is 518. The molecule has 1 amide bonds. The van der Waals surface area contributed by atoms with Gasteiger partial charge in [-0.2, -0.15) is 5.26 Å². The van der Waals surface area contributed by atoms with Crippen LogP contribution in [0.5, 0.6) is 17.2 Å². The lowest BCUT2D eigenvalue weighted by atomic mass is 10.1. The summed E-state index contributed by atoms with van der Waals surface area (Å²) in [4.78, 5) is 10.9. The second kappa shape index (κ2) is 5.59. The Morgan fingerprint density at radius 1 is 1.39 bits per heavy atom. The molecule has 6 heteroatoms. The third kappa shape index (κ3) is 2.71. The second-order valence-corrected chi connectivity index (χ2v) is 3.31. The fraction of sp³-hybridized carbons (Fsp3) is 0.167. The van der Waals surface area contributed by atoms with E-state index >= 15 is 0 Å². The Kier molecular flexibility index (Phi) is 4.16. The minimum Gasteiger partial charge on any atom is -0.502 e. The van der Waals surface area contributed by atoms with Crippen molar-refractivity contribution < 1.29 is 19.4 Å². The van der Waals surface area contributed by atoms with Crippen LogP contribution in [-0.4, -0.2) is 25.2 Å². The van der Waals surface area contributed by atoms with Gasteiger partial charge in [0, 0.05) is 0 Å². The fourth-order valence-electron chi connectivity index (χ4n) is 1.32. The molecule has 0 heterocycles. The highest BCUT2D eigenvalue weighted by Crippen LogP contribution is 2.37. The van der Waals surface area contributed by atoms with E-state index in [0.717, 1.165) is 0 Å². The van der Waals surface area contributed by atoms with Crippen LogP contribution in [0.2, 0.25) is 0 Å². The zero-order chi connectivity index (χ0) is 13.7. The summed E-state index contributed by atoms with van der Waals surface area (Å²) in [6, 6.07) is 4.59. The van der Waals surface area contributed by atoms with E-state index in [1.165, 1.54) is 32.4 Å². The van der Waals surface area contributed by atoms with Crippen LogP contribution < -0.4 is 15.2 Å². The molecule has 1 aromatic carbocycles. The van der Waals surface area contributed by atoms with Crippen LogP contribution in [0.15, 0.2) is 17.7 Å². The fourth-order valence-corrected chi connectivity index (χ4v) is 1.32. The predicted octanol–water partition coefficient (Wildman–Crippen LogP) is 0.802. The number of carbonyl (C=O) groups is 1. The lowest BCUT2D eigenvalue weighted by Crippen LogP contribution is -2.12. The maximum Gasteiger partial charge on any atom is 0.259 e. The highest BCUT2D eigenvalue weighted by atomic mass is 16.5. The van der Waals surface area contributed by atoms with Crippen molar-refractivity contribution in [2.45, 2.75) is 0 Å². The molecule has 0 atom stereocenters. The number of carbonyl (C=O) groups excluding carboxylic acids is 1. The van der Waals surface area contributed by atoms with Gasteiger partial charge in [0.1, 0.15) is 11.6 Å². The maximum atomic E-state index is 10.9. The summed E-state index contributed by atoms with van der Waals surface area (Å²) in [5.41, 5.74) is 5.28. The van der Waals surface area contributed by atoms with E-state index in [9.17, 15) is 9.90 Å². The number of methoxy groups -OCH3 is 2. The molecule has 1 rings (SSSR count). The molecule has 1 aromatic rings. The van der Waals surface area contributed by atoms with Gasteiger partial charge in [0.05, 0.1) is 14.2 Å². The van der Waals surface area contributed by atoms with Crippen molar-refractivity contribution in [1.29, 1.82) is 5.26 Å². The average Bonchev–Trinajstić information content (AvgIpc) is 2.36. The molecule has 0 spiro atoms. The molecular weight excluding hydrogens is 236 g/mol. The van der Waals surface area contributed by atoms with Crippen molar-refractivity contribution in [3.05, 3.63) is 23.3 Å². The molecule has 0 aliphatic carbocycles. The van der Waals surface area contributed by atoms with Gasteiger partial charge >= 0.3 is 0 Å². The molecule has 6 nitrogen and oxygen atoms in total. The number of phenols is 1. The quantitative estimate of drug-likeness (QED) is 0.605. The number of amides is 1. The molecule has 0 aliphatic heterocycles. The predicted molar refractivity (Wildman–Crippen MR) is 64.0 cm³/mol. The van der Waals surface area contributed by atoms with E-state index in [0.29, 0.717) is 5.56 Å². The largest absolute Gasteiger partial charge is 0.502 e. The molecule has 94 valence electrons. The Morgan fingerprint density at radius 3 is 2.22 bits per heavy atom. The maximum absolute atomic E-state index is 10.9. The first kappa shape index (κ1) is 13.4. The molecule has 0 aromatic heterocycles. The van der Waals surface area contributed by atoms with E-state index in [-0.39, 0.29) is 22.8 Å². The van der Waals surface area contributed by atoms with Crippen LogP contribution in [0.25, 0.3) is 6.08 Å². The number of ether oxygens (including phenoxy) is 2. The molecule has 0 fully saturated rings. The number of rotatable bonds is 4. The monoisotopic (exact) mass is 248 g/mol. The zero-order valence-electron chi connectivity index (χ0n) is 9.93. The van der Waals surface area contributed by atoms with Crippen molar-refractivity contribution in [3.63, 3.8) is 0 Å². The molecule has 0 bridgehead atoms. The van der Waals surface area contributed by atoms with Crippen molar-refractivity contribution in [3.8, 4) is 23.3 Å². The topological polar surface area (TPSA) is 106 Å². The number of hydrogen-bond acceptors (Lipinski definition) is 5. The van der Waals surface area contributed by atoms with E-state index in [2.05, 4.69) is 0 Å². The number of benzene rings is 1. The van der Waals surface area contributed by atoms with E-state index < -0.39 is 5.91 Å². The summed E-state index contributed by atoms with van der Waals surface area (Å²) in [5.74, 6) is -0.650. The van der Waals surface area contributed by atoms with Gasteiger partial charge in [0.25, 0.3) is 5.91 Å². The smallest absolute Gasteiger partial charge is 0.259 e. The van der Waals surface area contributed by atoms with Crippen molar-refractivity contribution in [2.24, 2.45) is 5.73 Å². The van der Waals surface area contributed by atoms with Crippen LogP contribution in [0.4, 0.5) is 0 Å². The van der Waals surface area contributed by atoms with Crippen molar-refractivity contribution in [1.82, 2.24) is 0 Å². The third-order valence-corrected chi connectivity index (χ3v) is 2.20. The minimum absolute atomic E-state index is 0.158. The zero-order valence-corrected chi connectivity index (χ0v) is 9.93. The van der Waals surface area contributed by atoms with Gasteiger partial charge in [-0.25, -0.2) is 0 Å². The highest BCUT2D eigenvalue weighted by molar-refractivity contribution is 6.00. The standard InChI is InChI=1S/C12H12N2O4/c1-17-9-4-7(3-8(6-13)12(14)16)5-10(18-2)11(9)15/h3-5,15H,1-2H3,(H2,14,16)/b8-3+. The van der Waals surface area contributed by atoms with Crippen molar-refractivity contribution in [2.75, 3.05) is 14.2 Å². The van der Waals surface area contributed by atoms with Gasteiger partial charge in [-0.05, 0) is 23.8 Å². The number of nitriles is 1. The number of nitrogens with two attached hydrogens (primary N) is 1. The molecule has 0 saturated carbocycles. The van der Waals surface area contributed by atoms with Crippen LogP contribution in [0, 0.1) is 11.3 Å². The Morgan fingerprint density at radius 2 is 1.89 bits per heavy atom. The Hall–Kier alpha value is -2.68. The molecule has 3 N–H and O–H groups in total. The highest BCUT2D eigenvalue weighted by Gasteiger charge is 2.11. The number of primary amides is 1. The van der Waals surface area contributed by atoms with E-state index in [1.54, 1.807) is 6.07 Å². The van der Waals surface area contributed by atoms with Crippen LogP contribution in [0.3, 0.4) is 0 Å². The first-order chi connectivity index (χ1) is 8.53. The molecular formula is C12H12N2O4. The summed E-state index contributed by atoms with van der Waals surface area (Å²) < 4.78 is 9.89. The molecule has 18 heavy (non-hydrogen) atoms. The lowest BCUT2D eigenvalue weighted by Gasteiger charge is -2.09. The third-order valence-electron chi connectivity index (χ3n) is 2.20. The second-order valence-electron chi connectivity index (χ2n) is 3.31. The Balaban J connectivity index is 3.35. The average molecular weight is 248 g/mol. The van der Waals surface area contributed by atoms with Crippen LogP contribution in [-0.2, 0) is 4.79 Å². The van der Waals surface area contributed by atoms with Gasteiger partial charge in [0.2, 0.25) is 5.75 Å². The molecule has 0 aliphatic rings. The molecule has 0 unspecified atom stereocenters. The summed E-state index contributed by atoms with van der Waals surface area (Å²) in [5, 5.41) is 18.4. The van der Waals surface area contributed by atoms with E-state index in [1.807, 2.05) is 0 Å². The SMILES string of the molecule is COc1cc(/C=C(\C#N)C(N)=O)cc(OC)c1O. The number of hydrogen-bond donors (Lipinski definition) is 2. The van der Waals surface area contributed by atoms with Gasteiger partial charge in [-0.3, -0.25) is 4.79 Å². The summed E-state index contributed by atoms with van der Waals surface area (Å²) >= 11 is 0.